The van der Waals surface area contributed by atoms with Crippen molar-refractivity contribution in [1.29, 1.82) is 0 Å². The summed E-state index contributed by atoms with van der Waals surface area (Å²) < 4.78 is 11.0. The van der Waals surface area contributed by atoms with Crippen molar-refractivity contribution in [2.75, 3.05) is 6.61 Å². The number of rotatable bonds is 5. The molecule has 0 fully saturated rings. The molecule has 1 N–H and O–H groups in total. The van der Waals surface area contributed by atoms with Gasteiger partial charge in [0.15, 0.2) is 0 Å². The van der Waals surface area contributed by atoms with Crippen molar-refractivity contribution >= 4 is 11.5 Å². The van der Waals surface area contributed by atoms with Gasteiger partial charge in [-0.2, -0.15) is 0 Å². The second-order valence-corrected chi connectivity index (χ2v) is 5.12. The van der Waals surface area contributed by atoms with Gasteiger partial charge in [-0.3, -0.25) is 0 Å². The smallest absolute Gasteiger partial charge is 0.336 e. The van der Waals surface area contributed by atoms with Crippen molar-refractivity contribution < 1.29 is 19.4 Å². The molecule has 1 heterocycles. The molecule has 4 heteroatoms. The summed E-state index contributed by atoms with van der Waals surface area (Å²) in [6, 6.07) is 14.8. The number of carbonyl (C=O) groups is 1. The molecule has 0 amide bonds. The molecule has 4 nitrogen and oxygen atoms in total. The first-order valence-corrected chi connectivity index (χ1v) is 7.26. The first-order chi connectivity index (χ1) is 11.2. The lowest BCUT2D eigenvalue weighted by molar-refractivity contribution is 0.0696. The van der Waals surface area contributed by atoms with Gasteiger partial charge in [0.05, 0.1) is 11.8 Å². The maximum atomic E-state index is 11.4. The van der Waals surface area contributed by atoms with Crippen molar-refractivity contribution in [3.63, 3.8) is 0 Å². The summed E-state index contributed by atoms with van der Waals surface area (Å²) in [6.45, 7) is 0.779. The number of benzene rings is 2. The number of aromatic carboxylic acids is 1. The minimum atomic E-state index is -0.968. The zero-order valence-corrected chi connectivity index (χ0v) is 12.4. The molecule has 2 aromatic rings. The lowest BCUT2D eigenvalue weighted by Gasteiger charge is -2.15. The fourth-order valence-corrected chi connectivity index (χ4v) is 2.37. The Labute approximate surface area is 134 Å². The van der Waals surface area contributed by atoms with E-state index in [2.05, 4.69) is 0 Å². The average Bonchev–Trinajstić information content (AvgIpc) is 2.61. The lowest BCUT2D eigenvalue weighted by Crippen LogP contribution is -2.06. The molecular formula is C19H16O4. The Bertz CT molecular complexity index is 760. The van der Waals surface area contributed by atoms with E-state index in [4.69, 9.17) is 9.47 Å². The normalized spacial score (nSPS) is 13.1. The molecule has 0 bridgehead atoms. The molecule has 0 saturated heterocycles. The van der Waals surface area contributed by atoms with Crippen LogP contribution in [0.15, 0.2) is 66.9 Å². The quantitative estimate of drug-likeness (QED) is 0.910. The Balaban J connectivity index is 1.86. The van der Waals surface area contributed by atoms with Crippen molar-refractivity contribution in [3.05, 3.63) is 83.6 Å². The van der Waals surface area contributed by atoms with Gasteiger partial charge < -0.3 is 14.6 Å². The Hall–Kier alpha value is -3.01. The molecule has 3 rings (SSSR count). The fourth-order valence-electron chi connectivity index (χ4n) is 2.37. The van der Waals surface area contributed by atoms with Gasteiger partial charge >= 0.3 is 5.97 Å². The van der Waals surface area contributed by atoms with Gasteiger partial charge in [-0.25, -0.2) is 4.79 Å². The van der Waals surface area contributed by atoms with E-state index in [1.54, 1.807) is 30.5 Å². The van der Waals surface area contributed by atoms with E-state index in [1.807, 2.05) is 36.4 Å². The predicted octanol–water partition coefficient (Wildman–Crippen LogP) is 3.89. The fraction of sp³-hybridized carbons (Fsp3) is 0.105. The summed E-state index contributed by atoms with van der Waals surface area (Å²) >= 11 is 0. The molecule has 2 aromatic carbocycles. The Morgan fingerprint density at radius 3 is 2.70 bits per heavy atom. The van der Waals surface area contributed by atoms with Crippen LogP contribution < -0.4 is 4.74 Å². The number of carboxylic acids is 1. The van der Waals surface area contributed by atoms with E-state index in [-0.39, 0.29) is 5.56 Å². The number of ether oxygens (including phenoxy) is 2. The van der Waals surface area contributed by atoms with E-state index in [1.165, 1.54) is 0 Å². The van der Waals surface area contributed by atoms with Crippen LogP contribution in [0.5, 0.6) is 5.75 Å². The van der Waals surface area contributed by atoms with Crippen LogP contribution in [-0.4, -0.2) is 17.7 Å². The molecular weight excluding hydrogens is 292 g/mol. The highest BCUT2D eigenvalue weighted by Gasteiger charge is 2.16. The summed E-state index contributed by atoms with van der Waals surface area (Å²) in [5.41, 5.74) is 2.73. The SMILES string of the molecule is O=C(O)c1ccc(OCc2ccccc2)cc1C1=CC=COC1. The number of hydrogen-bond donors (Lipinski definition) is 1. The average molecular weight is 308 g/mol. The van der Waals surface area contributed by atoms with Crippen LogP contribution in [0.1, 0.15) is 21.5 Å². The van der Waals surface area contributed by atoms with Crippen LogP contribution in [0.25, 0.3) is 5.57 Å². The second kappa shape index (κ2) is 6.83. The van der Waals surface area contributed by atoms with E-state index in [0.29, 0.717) is 24.5 Å². The number of allylic oxidation sites excluding steroid dienone is 2. The summed E-state index contributed by atoms with van der Waals surface area (Å²) in [4.78, 5) is 11.4. The highest BCUT2D eigenvalue weighted by atomic mass is 16.5. The number of hydrogen-bond acceptors (Lipinski definition) is 3. The topological polar surface area (TPSA) is 55.8 Å². The van der Waals surface area contributed by atoms with Gasteiger partial charge in [-0.05, 0) is 41.0 Å². The van der Waals surface area contributed by atoms with Gasteiger partial charge in [0.25, 0.3) is 0 Å². The summed E-state index contributed by atoms with van der Waals surface area (Å²) in [5, 5.41) is 9.37. The molecule has 0 spiro atoms. The van der Waals surface area contributed by atoms with E-state index < -0.39 is 5.97 Å². The monoisotopic (exact) mass is 308 g/mol. The van der Waals surface area contributed by atoms with Gasteiger partial charge in [0.1, 0.15) is 19.0 Å². The predicted molar refractivity (Wildman–Crippen MR) is 87.2 cm³/mol. The van der Waals surface area contributed by atoms with Crippen molar-refractivity contribution in [3.8, 4) is 5.75 Å². The molecule has 1 aliphatic rings. The molecule has 0 radical (unpaired) electrons. The van der Waals surface area contributed by atoms with Crippen LogP contribution in [0.3, 0.4) is 0 Å². The Morgan fingerprint density at radius 2 is 2.00 bits per heavy atom. The third-order valence-corrected chi connectivity index (χ3v) is 3.53. The Kier molecular flexibility index (Phi) is 4.43. The minimum absolute atomic E-state index is 0.238. The van der Waals surface area contributed by atoms with E-state index in [9.17, 15) is 9.90 Å². The van der Waals surface area contributed by atoms with Gasteiger partial charge in [-0.1, -0.05) is 36.4 Å². The zero-order chi connectivity index (χ0) is 16.1. The molecule has 116 valence electrons. The van der Waals surface area contributed by atoms with Crippen molar-refractivity contribution in [2.45, 2.75) is 6.61 Å². The molecule has 0 unspecified atom stereocenters. The molecule has 0 aliphatic carbocycles. The lowest BCUT2D eigenvalue weighted by atomic mass is 9.99. The van der Waals surface area contributed by atoms with Gasteiger partial charge in [0, 0.05) is 0 Å². The van der Waals surface area contributed by atoms with Gasteiger partial charge in [0.2, 0.25) is 0 Å². The first kappa shape index (κ1) is 14.9. The minimum Gasteiger partial charge on any atom is -0.496 e. The van der Waals surface area contributed by atoms with Crippen LogP contribution in [0.2, 0.25) is 0 Å². The highest BCUT2D eigenvalue weighted by Crippen LogP contribution is 2.27. The Morgan fingerprint density at radius 1 is 1.17 bits per heavy atom. The number of carboxylic acid groups (broad SMARTS) is 1. The summed E-state index contributed by atoms with van der Waals surface area (Å²) in [7, 11) is 0. The standard InChI is InChI=1S/C19H16O4/c20-19(21)17-9-8-16(23-12-14-5-2-1-3-6-14)11-18(17)15-7-4-10-22-13-15/h1-11H,12-13H2,(H,20,21). The summed E-state index contributed by atoms with van der Waals surface area (Å²) in [6.07, 6.45) is 5.19. The maximum absolute atomic E-state index is 11.4. The van der Waals surface area contributed by atoms with Crippen LogP contribution >= 0.6 is 0 Å². The van der Waals surface area contributed by atoms with Gasteiger partial charge in [-0.15, -0.1) is 0 Å². The maximum Gasteiger partial charge on any atom is 0.336 e. The summed E-state index contributed by atoms with van der Waals surface area (Å²) in [5.74, 6) is -0.339. The van der Waals surface area contributed by atoms with E-state index >= 15 is 0 Å². The molecule has 0 atom stereocenters. The third kappa shape index (κ3) is 3.61. The third-order valence-electron chi connectivity index (χ3n) is 3.53. The van der Waals surface area contributed by atoms with E-state index in [0.717, 1.165) is 11.1 Å². The molecule has 0 saturated carbocycles. The molecule has 1 aliphatic heterocycles. The largest absolute Gasteiger partial charge is 0.496 e. The second-order valence-electron chi connectivity index (χ2n) is 5.12. The zero-order valence-electron chi connectivity index (χ0n) is 12.4. The van der Waals surface area contributed by atoms with Crippen LogP contribution in [0.4, 0.5) is 0 Å². The van der Waals surface area contributed by atoms with Crippen molar-refractivity contribution in [1.82, 2.24) is 0 Å². The van der Waals surface area contributed by atoms with Crippen LogP contribution in [-0.2, 0) is 11.3 Å². The van der Waals surface area contributed by atoms with Crippen molar-refractivity contribution in [2.24, 2.45) is 0 Å². The highest BCUT2D eigenvalue weighted by molar-refractivity contribution is 5.95. The first-order valence-electron chi connectivity index (χ1n) is 7.26. The molecule has 23 heavy (non-hydrogen) atoms. The molecule has 0 aromatic heterocycles. The van der Waals surface area contributed by atoms with Crippen LogP contribution in [0, 0.1) is 0 Å².